The van der Waals surface area contributed by atoms with E-state index < -0.39 is 16.1 Å². The number of sulfonamides is 1. The Morgan fingerprint density at radius 2 is 1.61 bits per heavy atom. The van der Waals surface area contributed by atoms with Crippen LogP contribution in [0, 0.1) is 13.8 Å². The van der Waals surface area contributed by atoms with Crippen molar-refractivity contribution >= 4 is 21.5 Å². The standard InChI is InChI=1S/C18H19NO3S/c1-12-4-7-15(8-5-12)23(21,22)19-14(3)11-18(20)16-10-13(2)6-9-17(16)19/h4-10,14H,11H2,1-3H3. The molecule has 0 bridgehead atoms. The summed E-state index contributed by atoms with van der Waals surface area (Å²) in [5.41, 5.74) is 2.90. The number of carbonyl (C=O) groups excluding carboxylic acids is 1. The van der Waals surface area contributed by atoms with Gasteiger partial charge in [0.1, 0.15) is 0 Å². The van der Waals surface area contributed by atoms with Gasteiger partial charge in [-0.2, -0.15) is 0 Å². The second-order valence-electron chi connectivity index (χ2n) is 6.11. The van der Waals surface area contributed by atoms with E-state index in [-0.39, 0.29) is 17.1 Å². The molecule has 0 amide bonds. The van der Waals surface area contributed by atoms with Gasteiger partial charge in [0.15, 0.2) is 5.78 Å². The van der Waals surface area contributed by atoms with E-state index in [2.05, 4.69) is 0 Å². The predicted molar refractivity (Wildman–Crippen MR) is 90.4 cm³/mol. The third-order valence-electron chi connectivity index (χ3n) is 4.15. The third-order valence-corrected chi connectivity index (χ3v) is 6.09. The van der Waals surface area contributed by atoms with Crippen molar-refractivity contribution in [1.29, 1.82) is 0 Å². The zero-order valence-corrected chi connectivity index (χ0v) is 14.2. The lowest BCUT2D eigenvalue weighted by Gasteiger charge is -2.35. The summed E-state index contributed by atoms with van der Waals surface area (Å²) in [6.45, 7) is 5.58. The van der Waals surface area contributed by atoms with Gasteiger partial charge in [-0.1, -0.05) is 29.3 Å². The lowest BCUT2D eigenvalue weighted by Crippen LogP contribution is -2.43. The Morgan fingerprint density at radius 1 is 1.00 bits per heavy atom. The Kier molecular flexibility index (Phi) is 3.76. The Bertz CT molecular complexity index is 870. The fourth-order valence-corrected chi connectivity index (χ4v) is 4.63. The minimum atomic E-state index is -3.70. The highest BCUT2D eigenvalue weighted by Gasteiger charge is 2.37. The van der Waals surface area contributed by atoms with Gasteiger partial charge in [-0.25, -0.2) is 8.42 Å². The molecular formula is C18H19NO3S. The second kappa shape index (κ2) is 5.49. The number of fused-ring (bicyclic) bond motifs is 1. The highest BCUT2D eigenvalue weighted by atomic mass is 32.2. The molecule has 1 aliphatic heterocycles. The molecule has 4 nitrogen and oxygen atoms in total. The van der Waals surface area contributed by atoms with E-state index in [0.29, 0.717) is 11.3 Å². The van der Waals surface area contributed by atoms with Crippen LogP contribution in [-0.2, 0) is 10.0 Å². The van der Waals surface area contributed by atoms with Gasteiger partial charge in [-0.3, -0.25) is 9.10 Å². The van der Waals surface area contributed by atoms with Crippen molar-refractivity contribution in [3.8, 4) is 0 Å². The van der Waals surface area contributed by atoms with E-state index >= 15 is 0 Å². The quantitative estimate of drug-likeness (QED) is 0.847. The van der Waals surface area contributed by atoms with Crippen LogP contribution in [0.15, 0.2) is 47.4 Å². The molecule has 0 N–H and O–H groups in total. The van der Waals surface area contributed by atoms with Crippen LogP contribution in [0.4, 0.5) is 5.69 Å². The number of ketones is 1. The number of rotatable bonds is 2. The van der Waals surface area contributed by atoms with E-state index in [1.165, 1.54) is 4.31 Å². The summed E-state index contributed by atoms with van der Waals surface area (Å²) < 4.78 is 27.5. The number of hydrogen-bond acceptors (Lipinski definition) is 3. The lowest BCUT2D eigenvalue weighted by molar-refractivity contribution is 0.0972. The van der Waals surface area contributed by atoms with E-state index in [1.54, 1.807) is 43.3 Å². The molecule has 0 fully saturated rings. The molecule has 2 aromatic rings. The average molecular weight is 329 g/mol. The molecule has 2 aromatic carbocycles. The van der Waals surface area contributed by atoms with E-state index in [9.17, 15) is 13.2 Å². The number of anilines is 1. The molecule has 0 aliphatic carbocycles. The Balaban J connectivity index is 2.17. The normalized spacial score (nSPS) is 18.0. The van der Waals surface area contributed by atoms with Crippen molar-refractivity contribution in [1.82, 2.24) is 0 Å². The van der Waals surface area contributed by atoms with Gasteiger partial charge in [0, 0.05) is 18.0 Å². The van der Waals surface area contributed by atoms with Gasteiger partial charge >= 0.3 is 0 Å². The smallest absolute Gasteiger partial charge is 0.264 e. The molecular weight excluding hydrogens is 310 g/mol. The zero-order chi connectivity index (χ0) is 16.8. The number of nitrogens with zero attached hydrogens (tertiary/aromatic N) is 1. The summed E-state index contributed by atoms with van der Waals surface area (Å²) >= 11 is 0. The highest BCUT2D eigenvalue weighted by molar-refractivity contribution is 7.92. The van der Waals surface area contributed by atoms with Crippen LogP contribution in [0.3, 0.4) is 0 Å². The van der Waals surface area contributed by atoms with E-state index in [4.69, 9.17) is 0 Å². The topological polar surface area (TPSA) is 54.5 Å². The minimum Gasteiger partial charge on any atom is -0.294 e. The summed E-state index contributed by atoms with van der Waals surface area (Å²) in [4.78, 5) is 12.5. The first-order valence-electron chi connectivity index (χ1n) is 7.55. The molecule has 1 aliphatic rings. The van der Waals surface area contributed by atoms with Crippen molar-refractivity contribution in [2.24, 2.45) is 0 Å². The van der Waals surface area contributed by atoms with Crippen LogP contribution in [0.1, 0.15) is 34.8 Å². The summed E-state index contributed by atoms with van der Waals surface area (Å²) in [6.07, 6.45) is 0.196. The monoisotopic (exact) mass is 329 g/mol. The SMILES string of the molecule is Cc1ccc(S(=O)(=O)N2c3ccc(C)cc3C(=O)CC2C)cc1. The van der Waals surface area contributed by atoms with Crippen molar-refractivity contribution in [2.75, 3.05) is 4.31 Å². The predicted octanol–water partition coefficient (Wildman–Crippen LogP) is 3.47. The van der Waals surface area contributed by atoms with Gasteiger partial charge in [-0.15, -0.1) is 0 Å². The van der Waals surface area contributed by atoms with Crippen LogP contribution in [0.2, 0.25) is 0 Å². The summed E-state index contributed by atoms with van der Waals surface area (Å²) in [5.74, 6) is -0.00782. The maximum Gasteiger partial charge on any atom is 0.264 e. The largest absolute Gasteiger partial charge is 0.294 e. The molecule has 0 radical (unpaired) electrons. The van der Waals surface area contributed by atoms with Crippen molar-refractivity contribution in [3.05, 3.63) is 59.2 Å². The number of benzene rings is 2. The van der Waals surface area contributed by atoms with Gasteiger partial charge in [0.25, 0.3) is 10.0 Å². The van der Waals surface area contributed by atoms with Crippen molar-refractivity contribution < 1.29 is 13.2 Å². The molecule has 0 saturated heterocycles. The number of Topliss-reactive ketones (excluding diaryl/α,β-unsaturated/α-hetero) is 1. The maximum atomic E-state index is 13.1. The Hall–Kier alpha value is -2.14. The number of hydrogen-bond donors (Lipinski definition) is 0. The maximum absolute atomic E-state index is 13.1. The fourth-order valence-electron chi connectivity index (χ4n) is 2.95. The first kappa shape index (κ1) is 15.7. The molecule has 3 rings (SSSR count). The first-order chi connectivity index (χ1) is 10.8. The minimum absolute atomic E-state index is 0.00782. The molecule has 23 heavy (non-hydrogen) atoms. The van der Waals surface area contributed by atoms with E-state index in [0.717, 1.165) is 11.1 Å². The van der Waals surface area contributed by atoms with Crippen molar-refractivity contribution in [2.45, 2.75) is 38.1 Å². The van der Waals surface area contributed by atoms with Gasteiger partial charge in [0.2, 0.25) is 0 Å². The molecule has 0 spiro atoms. The van der Waals surface area contributed by atoms with Gasteiger partial charge < -0.3 is 0 Å². The molecule has 0 aromatic heterocycles. The van der Waals surface area contributed by atoms with Gasteiger partial charge in [-0.05, 0) is 45.0 Å². The Morgan fingerprint density at radius 3 is 2.26 bits per heavy atom. The van der Waals surface area contributed by atoms with Crippen LogP contribution in [0.5, 0.6) is 0 Å². The average Bonchev–Trinajstić information content (AvgIpc) is 2.48. The zero-order valence-electron chi connectivity index (χ0n) is 13.4. The molecule has 0 saturated carbocycles. The highest BCUT2D eigenvalue weighted by Crippen LogP contribution is 2.35. The molecule has 1 atom stereocenters. The van der Waals surface area contributed by atoms with Crippen molar-refractivity contribution in [3.63, 3.8) is 0 Å². The summed E-state index contributed by atoms with van der Waals surface area (Å²) in [7, 11) is -3.70. The second-order valence-corrected chi connectivity index (χ2v) is 7.93. The van der Waals surface area contributed by atoms with Crippen LogP contribution in [0.25, 0.3) is 0 Å². The number of carbonyl (C=O) groups is 1. The van der Waals surface area contributed by atoms with Gasteiger partial charge in [0.05, 0.1) is 10.6 Å². The number of aryl methyl sites for hydroxylation is 2. The van der Waals surface area contributed by atoms with Crippen LogP contribution >= 0.6 is 0 Å². The molecule has 5 heteroatoms. The van der Waals surface area contributed by atoms with Crippen LogP contribution < -0.4 is 4.31 Å². The third kappa shape index (κ3) is 2.65. The summed E-state index contributed by atoms with van der Waals surface area (Å²) in [6, 6.07) is 11.7. The first-order valence-corrected chi connectivity index (χ1v) is 8.99. The molecule has 120 valence electrons. The van der Waals surface area contributed by atoms with Crippen LogP contribution in [-0.4, -0.2) is 20.2 Å². The lowest BCUT2D eigenvalue weighted by atomic mass is 9.96. The fraction of sp³-hybridized carbons (Fsp3) is 0.278. The molecule has 1 unspecified atom stereocenters. The molecule has 1 heterocycles. The Labute approximate surface area is 136 Å². The summed E-state index contributed by atoms with van der Waals surface area (Å²) in [5, 5.41) is 0. The van der Waals surface area contributed by atoms with E-state index in [1.807, 2.05) is 19.9 Å².